The van der Waals surface area contributed by atoms with Crippen molar-refractivity contribution in [3.8, 4) is 0 Å². The summed E-state index contributed by atoms with van der Waals surface area (Å²) < 4.78 is 14.4. The molecule has 4 heterocycles. The Kier molecular flexibility index (Phi) is 5.07. The SMILES string of the molecule is CS(=O)Nc1cccc2[nH]nc(C(=O)N[C@@H]3CN4CCC3CC4)c12.O.[HH]. The molecule has 138 valence electrons. The van der Waals surface area contributed by atoms with Gasteiger partial charge < -0.3 is 20.4 Å². The smallest absolute Gasteiger partial charge is 0.272 e. The third kappa shape index (κ3) is 3.39. The quantitative estimate of drug-likeness (QED) is 0.729. The van der Waals surface area contributed by atoms with Crippen molar-refractivity contribution in [3.63, 3.8) is 0 Å². The Morgan fingerprint density at radius 2 is 2.16 bits per heavy atom. The van der Waals surface area contributed by atoms with Crippen LogP contribution in [0.1, 0.15) is 24.8 Å². The van der Waals surface area contributed by atoms with Crippen LogP contribution in [0.4, 0.5) is 5.69 Å². The second-order valence-electron chi connectivity index (χ2n) is 6.57. The molecular formula is C16H25N5O3S. The van der Waals surface area contributed by atoms with E-state index >= 15 is 0 Å². The minimum atomic E-state index is -1.22. The lowest BCUT2D eigenvalue weighted by atomic mass is 9.84. The average Bonchev–Trinajstić information content (AvgIpc) is 3.01. The molecule has 3 aliphatic heterocycles. The Balaban J connectivity index is 0.00000121. The lowest BCUT2D eigenvalue weighted by Crippen LogP contribution is -2.57. The van der Waals surface area contributed by atoms with Crippen LogP contribution < -0.4 is 10.0 Å². The third-order valence-electron chi connectivity index (χ3n) is 5.03. The van der Waals surface area contributed by atoms with Crippen LogP contribution >= 0.6 is 0 Å². The third-order valence-corrected chi connectivity index (χ3v) is 5.54. The van der Waals surface area contributed by atoms with Crippen LogP contribution in [0.3, 0.4) is 0 Å². The summed E-state index contributed by atoms with van der Waals surface area (Å²) in [5.41, 5.74) is 1.76. The molecule has 1 unspecified atom stereocenters. The van der Waals surface area contributed by atoms with E-state index in [1.54, 1.807) is 6.26 Å². The number of hydrogen-bond acceptors (Lipinski definition) is 4. The largest absolute Gasteiger partial charge is 0.412 e. The van der Waals surface area contributed by atoms with Crippen molar-refractivity contribution >= 4 is 33.5 Å². The van der Waals surface area contributed by atoms with Gasteiger partial charge in [0.05, 0.1) is 16.6 Å². The van der Waals surface area contributed by atoms with E-state index in [0.29, 0.717) is 22.7 Å². The van der Waals surface area contributed by atoms with Crippen molar-refractivity contribution in [2.75, 3.05) is 30.6 Å². The number of fused-ring (bicyclic) bond motifs is 4. The number of anilines is 1. The highest BCUT2D eigenvalue weighted by molar-refractivity contribution is 7.85. The van der Waals surface area contributed by atoms with Gasteiger partial charge in [0.1, 0.15) is 11.0 Å². The molecule has 1 aromatic carbocycles. The molecule has 9 heteroatoms. The van der Waals surface area contributed by atoms with E-state index in [0.717, 1.165) is 38.0 Å². The number of carbonyl (C=O) groups excluding carboxylic acids is 1. The van der Waals surface area contributed by atoms with Crippen LogP contribution in [0, 0.1) is 5.92 Å². The molecule has 3 aliphatic rings. The highest BCUT2D eigenvalue weighted by atomic mass is 32.2. The molecule has 2 bridgehead atoms. The van der Waals surface area contributed by atoms with Crippen LogP contribution in [0.5, 0.6) is 0 Å². The van der Waals surface area contributed by atoms with Gasteiger partial charge in [-0.3, -0.25) is 9.89 Å². The zero-order valence-electron chi connectivity index (χ0n) is 14.0. The lowest BCUT2D eigenvalue weighted by molar-refractivity contribution is 0.0618. The fourth-order valence-electron chi connectivity index (χ4n) is 3.84. The zero-order valence-corrected chi connectivity index (χ0v) is 14.9. The molecule has 0 aliphatic carbocycles. The van der Waals surface area contributed by atoms with Crippen LogP contribution in [-0.2, 0) is 11.0 Å². The van der Waals surface area contributed by atoms with Gasteiger partial charge in [0.25, 0.3) is 5.91 Å². The van der Waals surface area contributed by atoms with Gasteiger partial charge in [-0.1, -0.05) is 6.07 Å². The summed E-state index contributed by atoms with van der Waals surface area (Å²) in [5.74, 6) is 0.390. The topological polar surface area (TPSA) is 122 Å². The van der Waals surface area contributed by atoms with Gasteiger partial charge in [-0.15, -0.1) is 0 Å². The first kappa shape index (κ1) is 17.8. The first-order chi connectivity index (χ1) is 11.6. The van der Waals surface area contributed by atoms with Crippen molar-refractivity contribution in [1.82, 2.24) is 20.4 Å². The Hall–Kier alpha value is -1.97. The van der Waals surface area contributed by atoms with Gasteiger partial charge in [-0.25, -0.2) is 4.21 Å². The molecule has 1 amide bonds. The van der Waals surface area contributed by atoms with E-state index in [1.807, 2.05) is 18.2 Å². The van der Waals surface area contributed by atoms with E-state index in [9.17, 15) is 9.00 Å². The molecule has 3 saturated heterocycles. The van der Waals surface area contributed by atoms with Crippen molar-refractivity contribution in [2.24, 2.45) is 5.92 Å². The van der Waals surface area contributed by atoms with Gasteiger partial charge in [-0.2, -0.15) is 5.10 Å². The summed E-state index contributed by atoms with van der Waals surface area (Å²) in [6.45, 7) is 3.19. The number of aromatic amines is 1. The minimum absolute atomic E-state index is 0. The highest BCUT2D eigenvalue weighted by Gasteiger charge is 2.35. The monoisotopic (exact) mass is 367 g/mol. The number of nitrogens with one attached hydrogen (secondary N) is 3. The molecule has 2 atom stereocenters. The van der Waals surface area contributed by atoms with Crippen molar-refractivity contribution < 1.29 is 15.9 Å². The fourth-order valence-corrected chi connectivity index (χ4v) is 4.32. The molecule has 25 heavy (non-hydrogen) atoms. The summed E-state index contributed by atoms with van der Waals surface area (Å²) >= 11 is 0. The normalized spacial score (nSPS) is 26.0. The lowest BCUT2D eigenvalue weighted by Gasteiger charge is -2.44. The van der Waals surface area contributed by atoms with E-state index in [-0.39, 0.29) is 18.9 Å². The fraction of sp³-hybridized carbons (Fsp3) is 0.500. The molecule has 3 fully saturated rings. The van der Waals surface area contributed by atoms with E-state index in [1.165, 1.54) is 0 Å². The Labute approximate surface area is 149 Å². The maximum absolute atomic E-state index is 12.8. The van der Waals surface area contributed by atoms with E-state index in [4.69, 9.17) is 0 Å². The molecule has 0 radical (unpaired) electrons. The van der Waals surface area contributed by atoms with Gasteiger partial charge in [-0.05, 0) is 44.0 Å². The van der Waals surface area contributed by atoms with Crippen LogP contribution in [0.25, 0.3) is 10.9 Å². The number of H-pyrrole nitrogens is 1. The second-order valence-corrected chi connectivity index (χ2v) is 7.69. The Bertz CT molecular complexity index is 806. The van der Waals surface area contributed by atoms with Crippen molar-refractivity contribution in [3.05, 3.63) is 23.9 Å². The molecule has 0 spiro atoms. The Morgan fingerprint density at radius 1 is 1.40 bits per heavy atom. The maximum atomic E-state index is 12.8. The van der Waals surface area contributed by atoms with E-state index in [2.05, 4.69) is 25.1 Å². The predicted octanol–water partition coefficient (Wildman–Crippen LogP) is 0.514. The molecule has 2 aromatic rings. The van der Waals surface area contributed by atoms with Gasteiger partial charge >= 0.3 is 0 Å². The number of nitrogens with zero attached hydrogens (tertiary/aromatic N) is 2. The molecule has 0 saturated carbocycles. The first-order valence-corrected chi connectivity index (χ1v) is 9.78. The second kappa shape index (κ2) is 7.11. The summed E-state index contributed by atoms with van der Waals surface area (Å²) in [5, 5.41) is 10.9. The average molecular weight is 367 g/mol. The van der Waals surface area contributed by atoms with Crippen molar-refractivity contribution in [1.29, 1.82) is 0 Å². The van der Waals surface area contributed by atoms with E-state index < -0.39 is 11.0 Å². The molecule has 5 rings (SSSR count). The first-order valence-electron chi connectivity index (χ1n) is 8.22. The minimum Gasteiger partial charge on any atom is -0.412 e. The number of carbonyl (C=O) groups is 1. The summed E-state index contributed by atoms with van der Waals surface area (Å²) in [7, 11) is -1.22. The highest BCUT2D eigenvalue weighted by Crippen LogP contribution is 2.29. The summed E-state index contributed by atoms with van der Waals surface area (Å²) in [6, 6.07) is 5.69. The number of amides is 1. The number of piperidine rings is 3. The number of hydrogen-bond donors (Lipinski definition) is 3. The van der Waals surface area contributed by atoms with Crippen LogP contribution in [0.2, 0.25) is 0 Å². The Morgan fingerprint density at radius 3 is 2.80 bits per heavy atom. The molecular weight excluding hydrogens is 342 g/mol. The van der Waals surface area contributed by atoms with Crippen molar-refractivity contribution in [2.45, 2.75) is 18.9 Å². The molecule has 5 N–H and O–H groups in total. The van der Waals surface area contributed by atoms with Crippen LogP contribution in [0.15, 0.2) is 18.2 Å². The van der Waals surface area contributed by atoms with Gasteiger partial charge in [0.15, 0.2) is 5.69 Å². The zero-order chi connectivity index (χ0) is 16.7. The molecule has 8 nitrogen and oxygen atoms in total. The predicted molar refractivity (Wildman–Crippen MR) is 99.9 cm³/mol. The van der Waals surface area contributed by atoms with Gasteiger partial charge in [0.2, 0.25) is 0 Å². The number of benzene rings is 1. The maximum Gasteiger partial charge on any atom is 0.272 e. The standard InChI is InChI=1S/C16H21N5O2S.H2O.H2/c1-24(23)20-12-4-2-3-11-14(12)15(19-18-11)16(22)17-13-9-21-7-5-10(13)6-8-21;;/h2-4,10,13,20H,5-9H2,1H3,(H,17,22)(H,18,19);1H2;1H/t13-,24?;;/m1../s1. The number of rotatable bonds is 4. The number of aromatic nitrogens is 2. The molecule has 1 aromatic heterocycles. The van der Waals surface area contributed by atoms with Crippen LogP contribution in [-0.4, -0.2) is 62.6 Å². The summed E-state index contributed by atoms with van der Waals surface area (Å²) in [4.78, 5) is 15.2. The van der Waals surface area contributed by atoms with Gasteiger partial charge in [0, 0.05) is 20.3 Å². The summed E-state index contributed by atoms with van der Waals surface area (Å²) in [6.07, 6.45) is 3.85.